The van der Waals surface area contributed by atoms with Crippen LogP contribution in [0.1, 0.15) is 30.9 Å². The molecule has 21 heavy (non-hydrogen) atoms. The van der Waals surface area contributed by atoms with Gasteiger partial charge < -0.3 is 14.8 Å². The molecule has 0 saturated carbocycles. The van der Waals surface area contributed by atoms with Crippen LogP contribution in [0.15, 0.2) is 24.5 Å². The largest absolute Gasteiger partial charge is 0.493 e. The molecule has 2 rings (SSSR count). The third kappa shape index (κ3) is 3.24. The maximum absolute atomic E-state index is 5.97. The summed E-state index contributed by atoms with van der Waals surface area (Å²) >= 11 is 0. The van der Waals surface area contributed by atoms with Gasteiger partial charge in [-0.1, -0.05) is 19.9 Å². The first kappa shape index (κ1) is 15.1. The summed E-state index contributed by atoms with van der Waals surface area (Å²) < 4.78 is 11.3. The zero-order valence-corrected chi connectivity index (χ0v) is 13.1. The highest BCUT2D eigenvalue weighted by molar-refractivity contribution is 5.52. The highest BCUT2D eigenvalue weighted by Gasteiger charge is 2.17. The molecule has 5 heteroatoms. The fourth-order valence-corrected chi connectivity index (χ4v) is 2.14. The Balaban J connectivity index is 2.44. The van der Waals surface area contributed by atoms with Crippen molar-refractivity contribution >= 4 is 5.82 Å². The number of aryl methyl sites for hydroxylation is 1. The fourth-order valence-electron chi connectivity index (χ4n) is 2.14. The van der Waals surface area contributed by atoms with E-state index in [1.54, 1.807) is 7.11 Å². The van der Waals surface area contributed by atoms with E-state index in [9.17, 15) is 0 Å². The molecule has 0 aliphatic rings. The molecule has 0 radical (unpaired) electrons. The van der Waals surface area contributed by atoms with Crippen LogP contribution in [0.3, 0.4) is 0 Å². The molecule has 112 valence electrons. The lowest BCUT2D eigenvalue weighted by atomic mass is 10.1. The first-order valence-corrected chi connectivity index (χ1v) is 6.92. The molecule has 0 amide bonds. The standard InChI is InChI=1S/C16H21N3O2/c1-10(2)14-15(17-4)18-9-19-16(14)21-12-7-6-11(3)8-13(12)20-5/h6-10H,1-5H3,(H,17,18,19). The Morgan fingerprint density at radius 2 is 1.90 bits per heavy atom. The molecule has 0 spiro atoms. The second-order valence-electron chi connectivity index (χ2n) is 5.10. The van der Waals surface area contributed by atoms with Gasteiger partial charge in [-0.05, 0) is 30.5 Å². The van der Waals surface area contributed by atoms with Crippen LogP contribution in [0.5, 0.6) is 17.4 Å². The first-order chi connectivity index (χ1) is 10.1. The molecule has 1 N–H and O–H groups in total. The third-order valence-electron chi connectivity index (χ3n) is 3.19. The average molecular weight is 287 g/mol. The quantitative estimate of drug-likeness (QED) is 0.907. The normalized spacial score (nSPS) is 10.6. The lowest BCUT2D eigenvalue weighted by Crippen LogP contribution is -2.05. The average Bonchev–Trinajstić information content (AvgIpc) is 2.48. The van der Waals surface area contributed by atoms with E-state index in [4.69, 9.17) is 9.47 Å². The van der Waals surface area contributed by atoms with Crippen LogP contribution < -0.4 is 14.8 Å². The van der Waals surface area contributed by atoms with E-state index < -0.39 is 0 Å². The zero-order valence-electron chi connectivity index (χ0n) is 13.1. The Morgan fingerprint density at radius 1 is 1.14 bits per heavy atom. The van der Waals surface area contributed by atoms with Crippen LogP contribution in [0, 0.1) is 6.92 Å². The topological polar surface area (TPSA) is 56.3 Å². The Bertz CT molecular complexity index is 627. The molecule has 0 atom stereocenters. The van der Waals surface area contributed by atoms with Crippen molar-refractivity contribution in [3.63, 3.8) is 0 Å². The van der Waals surface area contributed by atoms with E-state index >= 15 is 0 Å². The van der Waals surface area contributed by atoms with Gasteiger partial charge >= 0.3 is 0 Å². The van der Waals surface area contributed by atoms with Crippen molar-refractivity contribution in [3.8, 4) is 17.4 Å². The second-order valence-corrected chi connectivity index (χ2v) is 5.10. The molecule has 0 fully saturated rings. The van der Waals surface area contributed by atoms with Gasteiger partial charge in [-0.25, -0.2) is 9.97 Å². The first-order valence-electron chi connectivity index (χ1n) is 6.92. The Kier molecular flexibility index (Phi) is 4.62. The van der Waals surface area contributed by atoms with Gasteiger partial charge in [0.25, 0.3) is 0 Å². The predicted octanol–water partition coefficient (Wildman–Crippen LogP) is 3.75. The highest BCUT2D eigenvalue weighted by Crippen LogP contribution is 2.36. The van der Waals surface area contributed by atoms with Gasteiger partial charge in [0, 0.05) is 7.05 Å². The zero-order chi connectivity index (χ0) is 15.4. The number of benzene rings is 1. The van der Waals surface area contributed by atoms with E-state index in [0.29, 0.717) is 17.4 Å². The molecule has 1 aromatic heterocycles. The van der Waals surface area contributed by atoms with Crippen molar-refractivity contribution in [1.29, 1.82) is 0 Å². The lowest BCUT2D eigenvalue weighted by Gasteiger charge is -2.17. The number of aromatic nitrogens is 2. The number of nitrogens with one attached hydrogen (secondary N) is 1. The number of ether oxygens (including phenoxy) is 2. The third-order valence-corrected chi connectivity index (χ3v) is 3.19. The van der Waals surface area contributed by atoms with Crippen molar-refractivity contribution in [2.24, 2.45) is 0 Å². The molecule has 1 aromatic carbocycles. The van der Waals surface area contributed by atoms with Crippen molar-refractivity contribution in [1.82, 2.24) is 9.97 Å². The molecule has 0 aliphatic heterocycles. The summed E-state index contributed by atoms with van der Waals surface area (Å²) in [6.07, 6.45) is 1.49. The number of hydrogen-bond acceptors (Lipinski definition) is 5. The summed E-state index contributed by atoms with van der Waals surface area (Å²) in [5.41, 5.74) is 2.06. The minimum absolute atomic E-state index is 0.236. The van der Waals surface area contributed by atoms with Gasteiger partial charge in [-0.15, -0.1) is 0 Å². The fraction of sp³-hybridized carbons (Fsp3) is 0.375. The van der Waals surface area contributed by atoms with E-state index in [1.165, 1.54) is 6.33 Å². The van der Waals surface area contributed by atoms with Crippen LogP contribution in [0.25, 0.3) is 0 Å². The number of rotatable bonds is 5. The molecule has 2 aromatic rings. The Morgan fingerprint density at radius 3 is 2.52 bits per heavy atom. The SMILES string of the molecule is CNc1ncnc(Oc2ccc(C)cc2OC)c1C(C)C. The second kappa shape index (κ2) is 6.43. The van der Waals surface area contributed by atoms with Gasteiger partial charge in [-0.3, -0.25) is 0 Å². The van der Waals surface area contributed by atoms with Crippen LogP contribution in [0.2, 0.25) is 0 Å². The summed E-state index contributed by atoms with van der Waals surface area (Å²) in [7, 11) is 3.47. The summed E-state index contributed by atoms with van der Waals surface area (Å²) in [5, 5.41) is 3.08. The van der Waals surface area contributed by atoms with Gasteiger partial charge in [0.2, 0.25) is 5.88 Å². The van der Waals surface area contributed by atoms with E-state index in [0.717, 1.165) is 16.9 Å². The van der Waals surface area contributed by atoms with Crippen molar-refractivity contribution in [2.75, 3.05) is 19.5 Å². The van der Waals surface area contributed by atoms with Crippen LogP contribution >= 0.6 is 0 Å². The molecule has 5 nitrogen and oxygen atoms in total. The highest BCUT2D eigenvalue weighted by atomic mass is 16.5. The van der Waals surface area contributed by atoms with Gasteiger partial charge in [-0.2, -0.15) is 0 Å². The van der Waals surface area contributed by atoms with Crippen molar-refractivity contribution in [2.45, 2.75) is 26.7 Å². The summed E-state index contributed by atoms with van der Waals surface area (Å²) in [4.78, 5) is 8.52. The maximum atomic E-state index is 5.97. The number of hydrogen-bond donors (Lipinski definition) is 1. The number of anilines is 1. The van der Waals surface area contributed by atoms with E-state index in [1.807, 2.05) is 32.2 Å². The molecule has 0 unspecified atom stereocenters. The van der Waals surface area contributed by atoms with Gasteiger partial charge in [0.15, 0.2) is 11.5 Å². The Hall–Kier alpha value is -2.30. The Labute approximate surface area is 125 Å². The van der Waals surface area contributed by atoms with Gasteiger partial charge in [0.05, 0.1) is 12.7 Å². The summed E-state index contributed by atoms with van der Waals surface area (Å²) in [5.74, 6) is 2.90. The van der Waals surface area contributed by atoms with Gasteiger partial charge in [0.1, 0.15) is 12.1 Å². The van der Waals surface area contributed by atoms with Crippen LogP contribution in [-0.2, 0) is 0 Å². The summed E-state index contributed by atoms with van der Waals surface area (Å²) in [6, 6.07) is 5.80. The molecule has 0 bridgehead atoms. The maximum Gasteiger partial charge on any atom is 0.228 e. The van der Waals surface area contributed by atoms with Crippen molar-refractivity contribution < 1.29 is 9.47 Å². The molecule has 0 aliphatic carbocycles. The smallest absolute Gasteiger partial charge is 0.228 e. The van der Waals surface area contributed by atoms with E-state index in [2.05, 4.69) is 29.1 Å². The summed E-state index contributed by atoms with van der Waals surface area (Å²) in [6.45, 7) is 6.17. The molecular formula is C16H21N3O2. The molecule has 0 saturated heterocycles. The molecular weight excluding hydrogens is 266 g/mol. The molecule has 1 heterocycles. The minimum atomic E-state index is 0.236. The minimum Gasteiger partial charge on any atom is -0.493 e. The van der Waals surface area contributed by atoms with E-state index in [-0.39, 0.29) is 5.92 Å². The number of nitrogens with zero attached hydrogens (tertiary/aromatic N) is 2. The predicted molar refractivity (Wildman–Crippen MR) is 83.5 cm³/mol. The lowest BCUT2D eigenvalue weighted by molar-refractivity contribution is 0.371. The monoisotopic (exact) mass is 287 g/mol. The van der Waals surface area contributed by atoms with Crippen LogP contribution in [-0.4, -0.2) is 24.1 Å². The van der Waals surface area contributed by atoms with Crippen molar-refractivity contribution in [3.05, 3.63) is 35.7 Å². The van der Waals surface area contributed by atoms with Crippen LogP contribution in [0.4, 0.5) is 5.82 Å². The number of methoxy groups -OCH3 is 1.